The number of morpholine rings is 1. The summed E-state index contributed by atoms with van der Waals surface area (Å²) in [5, 5.41) is 9.16. The summed E-state index contributed by atoms with van der Waals surface area (Å²) in [6.07, 6.45) is -0.0984. The van der Waals surface area contributed by atoms with E-state index in [1.54, 1.807) is 0 Å². The standard InChI is InChI=1S/C13H19BrN2O2/c1-9(15)10-2-3-13(12(14)6-10)16-4-5-18-11(7-16)8-17/h2-3,6,9,11,17H,4-5,7-8,15H2,1H3. The number of hydrogen-bond donors (Lipinski definition) is 2. The van der Waals surface area contributed by atoms with Crippen LogP contribution in [0.5, 0.6) is 0 Å². The van der Waals surface area contributed by atoms with E-state index in [0.717, 1.165) is 22.3 Å². The molecule has 0 spiro atoms. The smallest absolute Gasteiger partial charge is 0.0980 e. The Kier molecular flexibility index (Phi) is 4.61. The first-order chi connectivity index (χ1) is 8.61. The van der Waals surface area contributed by atoms with Crippen LogP contribution in [-0.2, 0) is 4.74 Å². The zero-order valence-corrected chi connectivity index (χ0v) is 12.1. The summed E-state index contributed by atoms with van der Waals surface area (Å²) in [5.41, 5.74) is 8.10. The van der Waals surface area contributed by atoms with E-state index in [2.05, 4.69) is 33.0 Å². The Hall–Kier alpha value is -0.620. The highest BCUT2D eigenvalue weighted by atomic mass is 79.9. The number of aliphatic hydroxyl groups is 1. The van der Waals surface area contributed by atoms with Crippen LogP contribution < -0.4 is 10.6 Å². The number of anilines is 1. The van der Waals surface area contributed by atoms with Crippen molar-refractivity contribution in [3.63, 3.8) is 0 Å². The monoisotopic (exact) mass is 314 g/mol. The van der Waals surface area contributed by atoms with Gasteiger partial charge in [0, 0.05) is 23.6 Å². The summed E-state index contributed by atoms with van der Waals surface area (Å²) >= 11 is 3.59. The van der Waals surface area contributed by atoms with E-state index in [1.807, 2.05) is 13.0 Å². The second-order valence-electron chi connectivity index (χ2n) is 4.62. The molecular formula is C13H19BrN2O2. The maximum atomic E-state index is 9.16. The van der Waals surface area contributed by atoms with Crippen molar-refractivity contribution in [1.29, 1.82) is 0 Å². The van der Waals surface area contributed by atoms with Crippen LogP contribution in [0.15, 0.2) is 22.7 Å². The summed E-state index contributed by atoms with van der Waals surface area (Å²) < 4.78 is 6.49. The van der Waals surface area contributed by atoms with E-state index in [-0.39, 0.29) is 18.8 Å². The first-order valence-electron chi connectivity index (χ1n) is 6.14. The Morgan fingerprint density at radius 3 is 3.00 bits per heavy atom. The van der Waals surface area contributed by atoms with E-state index >= 15 is 0 Å². The number of rotatable bonds is 3. The number of hydrogen-bond acceptors (Lipinski definition) is 4. The van der Waals surface area contributed by atoms with Gasteiger partial charge in [0.15, 0.2) is 0 Å². The van der Waals surface area contributed by atoms with Crippen LogP contribution in [-0.4, -0.2) is 37.5 Å². The van der Waals surface area contributed by atoms with Gasteiger partial charge in [0.25, 0.3) is 0 Å². The number of nitrogens with two attached hydrogens (primary N) is 1. The molecule has 5 heteroatoms. The van der Waals surface area contributed by atoms with Crippen LogP contribution in [0.1, 0.15) is 18.5 Å². The number of ether oxygens (including phenoxy) is 1. The van der Waals surface area contributed by atoms with Crippen molar-refractivity contribution < 1.29 is 9.84 Å². The highest BCUT2D eigenvalue weighted by Crippen LogP contribution is 2.30. The zero-order chi connectivity index (χ0) is 13.1. The minimum Gasteiger partial charge on any atom is -0.394 e. The summed E-state index contributed by atoms with van der Waals surface area (Å²) in [5.74, 6) is 0. The fourth-order valence-corrected chi connectivity index (χ4v) is 2.76. The largest absolute Gasteiger partial charge is 0.394 e. The fraction of sp³-hybridized carbons (Fsp3) is 0.538. The molecule has 0 radical (unpaired) electrons. The van der Waals surface area contributed by atoms with Crippen molar-refractivity contribution in [2.45, 2.75) is 19.1 Å². The first-order valence-corrected chi connectivity index (χ1v) is 6.93. The minimum atomic E-state index is -0.0984. The normalized spacial score (nSPS) is 22.0. The van der Waals surface area contributed by atoms with Gasteiger partial charge in [-0.05, 0) is 40.5 Å². The molecule has 1 aromatic carbocycles. The molecule has 3 N–H and O–H groups in total. The molecule has 0 aromatic heterocycles. The molecule has 0 saturated carbocycles. The van der Waals surface area contributed by atoms with Gasteiger partial charge in [0.1, 0.15) is 0 Å². The maximum Gasteiger partial charge on any atom is 0.0980 e. The van der Waals surface area contributed by atoms with Gasteiger partial charge in [0.2, 0.25) is 0 Å². The summed E-state index contributed by atoms with van der Waals surface area (Å²) in [6.45, 7) is 4.23. The van der Waals surface area contributed by atoms with Crippen molar-refractivity contribution in [2.75, 3.05) is 31.2 Å². The average molecular weight is 315 g/mol. The van der Waals surface area contributed by atoms with Crippen LogP contribution in [0, 0.1) is 0 Å². The molecule has 0 bridgehead atoms. The third-order valence-electron chi connectivity index (χ3n) is 3.18. The maximum absolute atomic E-state index is 9.16. The van der Waals surface area contributed by atoms with Crippen LogP contribution in [0.25, 0.3) is 0 Å². The molecule has 2 rings (SSSR count). The lowest BCUT2D eigenvalue weighted by Gasteiger charge is -2.34. The van der Waals surface area contributed by atoms with E-state index in [4.69, 9.17) is 15.6 Å². The Morgan fingerprint density at radius 1 is 1.61 bits per heavy atom. The first kappa shape index (κ1) is 13.8. The van der Waals surface area contributed by atoms with Crippen molar-refractivity contribution in [1.82, 2.24) is 0 Å². The van der Waals surface area contributed by atoms with Crippen LogP contribution in [0.3, 0.4) is 0 Å². The fourth-order valence-electron chi connectivity index (χ4n) is 2.11. The Balaban J connectivity index is 2.17. The quantitative estimate of drug-likeness (QED) is 0.891. The number of halogens is 1. The van der Waals surface area contributed by atoms with E-state index in [9.17, 15) is 0 Å². The zero-order valence-electron chi connectivity index (χ0n) is 10.5. The highest BCUT2D eigenvalue weighted by molar-refractivity contribution is 9.10. The van der Waals surface area contributed by atoms with Gasteiger partial charge in [-0.1, -0.05) is 6.07 Å². The molecule has 1 aliphatic rings. The van der Waals surface area contributed by atoms with Crippen molar-refractivity contribution in [3.05, 3.63) is 28.2 Å². The lowest BCUT2D eigenvalue weighted by Crippen LogP contribution is -2.44. The second-order valence-corrected chi connectivity index (χ2v) is 5.48. The van der Waals surface area contributed by atoms with Gasteiger partial charge in [0.05, 0.1) is 25.0 Å². The topological polar surface area (TPSA) is 58.7 Å². The summed E-state index contributed by atoms with van der Waals surface area (Å²) in [4.78, 5) is 2.22. The molecular weight excluding hydrogens is 296 g/mol. The lowest BCUT2D eigenvalue weighted by molar-refractivity contribution is 0.00353. The molecule has 0 amide bonds. The number of nitrogens with zero attached hydrogens (tertiary/aromatic N) is 1. The Morgan fingerprint density at radius 2 is 2.39 bits per heavy atom. The second kappa shape index (κ2) is 6.02. The van der Waals surface area contributed by atoms with E-state index in [1.165, 1.54) is 0 Å². The molecule has 18 heavy (non-hydrogen) atoms. The Labute approximate surface area is 116 Å². The molecule has 2 unspecified atom stereocenters. The molecule has 1 aromatic rings. The average Bonchev–Trinajstić information content (AvgIpc) is 2.38. The number of benzene rings is 1. The van der Waals surface area contributed by atoms with Gasteiger partial charge >= 0.3 is 0 Å². The predicted octanol–water partition coefficient (Wildman–Crippen LogP) is 1.67. The van der Waals surface area contributed by atoms with Gasteiger partial charge in [-0.2, -0.15) is 0 Å². The highest BCUT2D eigenvalue weighted by Gasteiger charge is 2.21. The van der Waals surface area contributed by atoms with Gasteiger partial charge < -0.3 is 20.5 Å². The van der Waals surface area contributed by atoms with Gasteiger partial charge in [-0.3, -0.25) is 0 Å². The molecule has 1 fully saturated rings. The van der Waals surface area contributed by atoms with Crippen molar-refractivity contribution >= 4 is 21.6 Å². The Bertz CT molecular complexity index is 412. The van der Waals surface area contributed by atoms with Gasteiger partial charge in [-0.15, -0.1) is 0 Å². The molecule has 100 valence electrons. The SMILES string of the molecule is CC(N)c1ccc(N2CCOC(CO)C2)c(Br)c1. The third-order valence-corrected chi connectivity index (χ3v) is 3.82. The van der Waals surface area contributed by atoms with Crippen LogP contribution in [0.4, 0.5) is 5.69 Å². The summed E-state index contributed by atoms with van der Waals surface area (Å²) in [6, 6.07) is 6.21. The molecule has 2 atom stereocenters. The summed E-state index contributed by atoms with van der Waals surface area (Å²) in [7, 11) is 0. The molecule has 1 aliphatic heterocycles. The van der Waals surface area contributed by atoms with Gasteiger partial charge in [-0.25, -0.2) is 0 Å². The van der Waals surface area contributed by atoms with Crippen LogP contribution >= 0.6 is 15.9 Å². The predicted molar refractivity (Wildman–Crippen MR) is 75.8 cm³/mol. The van der Waals surface area contributed by atoms with Crippen molar-refractivity contribution in [2.24, 2.45) is 5.73 Å². The van der Waals surface area contributed by atoms with Crippen molar-refractivity contribution in [3.8, 4) is 0 Å². The molecule has 0 aliphatic carbocycles. The molecule has 1 saturated heterocycles. The molecule has 4 nitrogen and oxygen atoms in total. The molecule has 1 heterocycles. The van der Waals surface area contributed by atoms with E-state index < -0.39 is 0 Å². The third kappa shape index (κ3) is 3.03. The van der Waals surface area contributed by atoms with Crippen LogP contribution in [0.2, 0.25) is 0 Å². The lowest BCUT2D eigenvalue weighted by atomic mass is 10.1. The number of aliphatic hydroxyl groups excluding tert-OH is 1. The minimum absolute atomic E-state index is 0.0326. The van der Waals surface area contributed by atoms with E-state index in [0.29, 0.717) is 13.2 Å².